The lowest BCUT2D eigenvalue weighted by atomic mass is 10.1. The number of phenolic OH excluding ortho intramolecular Hbond substituents is 1. The van der Waals surface area contributed by atoms with E-state index in [-0.39, 0.29) is 16.9 Å². The van der Waals surface area contributed by atoms with Gasteiger partial charge >= 0.3 is 5.97 Å². The lowest BCUT2D eigenvalue weighted by Gasteiger charge is -2.11. The molecule has 2 aromatic rings. The number of hydrogen-bond acceptors (Lipinski definition) is 3. The molecule has 108 valence electrons. The van der Waals surface area contributed by atoms with Gasteiger partial charge in [-0.2, -0.15) is 0 Å². The minimum Gasteiger partial charge on any atom is -0.507 e. The Morgan fingerprint density at radius 3 is 2.38 bits per heavy atom. The quantitative estimate of drug-likeness (QED) is 0.811. The summed E-state index contributed by atoms with van der Waals surface area (Å²) in [5.74, 6) is -3.25. The number of rotatable bonds is 3. The number of hydrogen-bond donors (Lipinski definition) is 3. The molecule has 0 spiro atoms. The van der Waals surface area contributed by atoms with Gasteiger partial charge in [0.25, 0.3) is 5.91 Å². The van der Waals surface area contributed by atoms with E-state index in [1.807, 2.05) is 0 Å². The number of carbonyl (C=O) groups is 2. The molecule has 2 aromatic carbocycles. The van der Waals surface area contributed by atoms with Crippen molar-refractivity contribution in [2.45, 2.75) is 6.92 Å². The molecule has 1 amide bonds. The van der Waals surface area contributed by atoms with E-state index in [0.717, 1.165) is 6.07 Å². The lowest BCUT2D eigenvalue weighted by molar-refractivity contribution is 0.0697. The second kappa shape index (κ2) is 5.62. The van der Waals surface area contributed by atoms with Gasteiger partial charge in [0.15, 0.2) is 0 Å². The standard InChI is InChI=1S/C15H12FNO4/c1-8-4-2-6-10(13(8)18)14(19)17-12-9(15(20)21)5-3-7-11(12)16/h2-7,18H,1H3,(H,17,19)(H,20,21). The fraction of sp³-hybridized carbons (Fsp3) is 0.0667. The molecule has 6 heteroatoms. The number of nitrogens with one attached hydrogen (secondary N) is 1. The zero-order valence-electron chi connectivity index (χ0n) is 11.1. The van der Waals surface area contributed by atoms with E-state index in [0.29, 0.717) is 5.56 Å². The number of aryl methyl sites for hydroxylation is 1. The van der Waals surface area contributed by atoms with Crippen LogP contribution in [-0.4, -0.2) is 22.1 Å². The molecule has 0 saturated carbocycles. The van der Waals surface area contributed by atoms with E-state index < -0.39 is 23.4 Å². The van der Waals surface area contributed by atoms with Gasteiger partial charge in [-0.05, 0) is 30.7 Å². The van der Waals surface area contributed by atoms with Gasteiger partial charge in [-0.3, -0.25) is 4.79 Å². The molecular formula is C15H12FNO4. The number of aromatic hydroxyl groups is 1. The third-order valence-electron chi connectivity index (χ3n) is 2.96. The van der Waals surface area contributed by atoms with Crippen molar-refractivity contribution in [3.63, 3.8) is 0 Å². The Morgan fingerprint density at radius 1 is 1.10 bits per heavy atom. The smallest absolute Gasteiger partial charge is 0.337 e. The number of carbonyl (C=O) groups excluding carboxylic acids is 1. The molecule has 0 aliphatic rings. The van der Waals surface area contributed by atoms with Gasteiger partial charge in [-0.15, -0.1) is 0 Å². The maximum absolute atomic E-state index is 13.7. The fourth-order valence-corrected chi connectivity index (χ4v) is 1.85. The van der Waals surface area contributed by atoms with E-state index >= 15 is 0 Å². The van der Waals surface area contributed by atoms with Crippen LogP contribution in [0.4, 0.5) is 10.1 Å². The van der Waals surface area contributed by atoms with Crippen LogP contribution in [-0.2, 0) is 0 Å². The van der Waals surface area contributed by atoms with Crippen molar-refractivity contribution >= 4 is 17.6 Å². The summed E-state index contributed by atoms with van der Waals surface area (Å²) in [6.07, 6.45) is 0. The average molecular weight is 289 g/mol. The Bertz CT molecular complexity index is 728. The molecule has 0 aromatic heterocycles. The Balaban J connectivity index is 2.41. The molecule has 0 fully saturated rings. The van der Waals surface area contributed by atoms with Crippen LogP contribution in [0.5, 0.6) is 5.75 Å². The van der Waals surface area contributed by atoms with Crippen LogP contribution in [0, 0.1) is 12.7 Å². The zero-order chi connectivity index (χ0) is 15.6. The summed E-state index contributed by atoms with van der Waals surface area (Å²) in [5, 5.41) is 21.0. The van der Waals surface area contributed by atoms with Crippen LogP contribution < -0.4 is 5.32 Å². The summed E-state index contributed by atoms with van der Waals surface area (Å²) in [7, 11) is 0. The molecule has 0 aliphatic heterocycles. The van der Waals surface area contributed by atoms with Crippen LogP contribution in [0.25, 0.3) is 0 Å². The van der Waals surface area contributed by atoms with Gasteiger partial charge in [-0.1, -0.05) is 18.2 Å². The van der Waals surface area contributed by atoms with Crippen molar-refractivity contribution in [2.24, 2.45) is 0 Å². The highest BCUT2D eigenvalue weighted by atomic mass is 19.1. The molecule has 0 unspecified atom stereocenters. The molecule has 0 aliphatic carbocycles. The molecule has 5 nitrogen and oxygen atoms in total. The number of phenols is 1. The van der Waals surface area contributed by atoms with E-state index in [9.17, 15) is 19.1 Å². The summed E-state index contributed by atoms with van der Waals surface area (Å²) in [6, 6.07) is 7.98. The number of carboxylic acids is 1. The van der Waals surface area contributed by atoms with Gasteiger partial charge in [0.2, 0.25) is 0 Å². The molecular weight excluding hydrogens is 277 g/mol. The molecule has 2 rings (SSSR count). The maximum atomic E-state index is 13.7. The number of amides is 1. The number of carboxylic acid groups (broad SMARTS) is 1. The Hall–Kier alpha value is -2.89. The molecule has 0 heterocycles. The predicted molar refractivity (Wildman–Crippen MR) is 74.2 cm³/mol. The van der Waals surface area contributed by atoms with Crippen LogP contribution in [0.3, 0.4) is 0 Å². The van der Waals surface area contributed by atoms with Crippen molar-refractivity contribution < 1.29 is 24.2 Å². The fourth-order valence-electron chi connectivity index (χ4n) is 1.85. The third-order valence-corrected chi connectivity index (χ3v) is 2.96. The highest BCUT2D eigenvalue weighted by Crippen LogP contribution is 2.25. The second-order valence-corrected chi connectivity index (χ2v) is 4.39. The number of aromatic carboxylic acids is 1. The van der Waals surface area contributed by atoms with Crippen molar-refractivity contribution in [3.05, 3.63) is 58.9 Å². The first-order valence-electron chi connectivity index (χ1n) is 6.03. The largest absolute Gasteiger partial charge is 0.507 e. The Morgan fingerprint density at radius 2 is 1.71 bits per heavy atom. The van der Waals surface area contributed by atoms with Gasteiger partial charge < -0.3 is 15.5 Å². The highest BCUT2D eigenvalue weighted by molar-refractivity contribution is 6.09. The predicted octanol–water partition coefficient (Wildman–Crippen LogP) is 2.79. The summed E-state index contributed by atoms with van der Waals surface area (Å²) in [6.45, 7) is 1.61. The third kappa shape index (κ3) is 2.84. The van der Waals surface area contributed by atoms with Gasteiger partial charge in [0.1, 0.15) is 11.6 Å². The van der Waals surface area contributed by atoms with Crippen molar-refractivity contribution in [1.82, 2.24) is 0 Å². The molecule has 0 saturated heterocycles. The summed E-state index contributed by atoms with van der Waals surface area (Å²) < 4.78 is 13.7. The van der Waals surface area contributed by atoms with Crippen LogP contribution in [0.1, 0.15) is 26.3 Å². The van der Waals surface area contributed by atoms with Gasteiger partial charge in [0, 0.05) is 0 Å². The SMILES string of the molecule is Cc1cccc(C(=O)Nc2c(F)cccc2C(=O)O)c1O. The van der Waals surface area contributed by atoms with Crippen molar-refractivity contribution in [3.8, 4) is 5.75 Å². The molecule has 0 bridgehead atoms. The zero-order valence-corrected chi connectivity index (χ0v) is 11.1. The van der Waals surface area contributed by atoms with Crippen molar-refractivity contribution in [1.29, 1.82) is 0 Å². The molecule has 0 atom stereocenters. The molecule has 0 radical (unpaired) electrons. The average Bonchev–Trinajstić information content (AvgIpc) is 2.43. The van der Waals surface area contributed by atoms with E-state index in [2.05, 4.69) is 5.32 Å². The molecule has 3 N–H and O–H groups in total. The van der Waals surface area contributed by atoms with Crippen LogP contribution in [0.2, 0.25) is 0 Å². The number of benzene rings is 2. The number of para-hydroxylation sites is 2. The highest BCUT2D eigenvalue weighted by Gasteiger charge is 2.19. The van der Waals surface area contributed by atoms with Crippen LogP contribution in [0.15, 0.2) is 36.4 Å². The monoisotopic (exact) mass is 289 g/mol. The minimum absolute atomic E-state index is 0.0606. The summed E-state index contributed by atoms with van der Waals surface area (Å²) in [4.78, 5) is 23.1. The van der Waals surface area contributed by atoms with E-state index in [4.69, 9.17) is 5.11 Å². The maximum Gasteiger partial charge on any atom is 0.337 e. The normalized spacial score (nSPS) is 10.2. The topological polar surface area (TPSA) is 86.6 Å². The second-order valence-electron chi connectivity index (χ2n) is 4.39. The van der Waals surface area contributed by atoms with Crippen molar-refractivity contribution in [2.75, 3.05) is 5.32 Å². The first-order chi connectivity index (χ1) is 9.91. The van der Waals surface area contributed by atoms with Gasteiger partial charge in [-0.25, -0.2) is 9.18 Å². The van der Waals surface area contributed by atoms with Crippen LogP contribution >= 0.6 is 0 Å². The first kappa shape index (κ1) is 14.5. The Labute approximate surface area is 119 Å². The Kier molecular flexibility index (Phi) is 3.89. The first-order valence-corrected chi connectivity index (χ1v) is 6.03. The summed E-state index contributed by atoms with van der Waals surface area (Å²) in [5.41, 5.74) is -0.379. The lowest BCUT2D eigenvalue weighted by Crippen LogP contribution is -2.16. The molecule has 21 heavy (non-hydrogen) atoms. The summed E-state index contributed by atoms with van der Waals surface area (Å²) >= 11 is 0. The number of anilines is 1. The van der Waals surface area contributed by atoms with E-state index in [1.54, 1.807) is 19.1 Å². The number of halogens is 1. The minimum atomic E-state index is -1.36. The van der Waals surface area contributed by atoms with Gasteiger partial charge in [0.05, 0.1) is 16.8 Å². The van der Waals surface area contributed by atoms with E-state index in [1.165, 1.54) is 18.2 Å².